The Morgan fingerprint density at radius 2 is 1.96 bits per heavy atom. The number of anilines is 1. The van der Waals surface area contributed by atoms with Crippen molar-refractivity contribution >= 4 is 23.0 Å². The molecule has 0 fully saturated rings. The number of urea groups is 1. The zero-order valence-electron chi connectivity index (χ0n) is 12.7. The Kier molecular flexibility index (Phi) is 4.42. The molecule has 0 aliphatic rings. The SMILES string of the molecule is C=CCNC(=O)Nc1ccc2ncc(-c3ccc(F)cc3)nc2n1. The molecule has 2 N–H and O–H groups in total. The Morgan fingerprint density at radius 3 is 2.71 bits per heavy atom. The minimum absolute atomic E-state index is 0.317. The quantitative estimate of drug-likeness (QED) is 0.723. The number of aromatic nitrogens is 3. The first-order valence-electron chi connectivity index (χ1n) is 7.21. The van der Waals surface area contributed by atoms with Gasteiger partial charge in [0.25, 0.3) is 0 Å². The van der Waals surface area contributed by atoms with Crippen molar-refractivity contribution in [1.29, 1.82) is 0 Å². The van der Waals surface area contributed by atoms with Crippen LogP contribution >= 0.6 is 0 Å². The van der Waals surface area contributed by atoms with Crippen molar-refractivity contribution in [2.24, 2.45) is 0 Å². The van der Waals surface area contributed by atoms with Gasteiger partial charge in [-0.3, -0.25) is 10.3 Å². The highest BCUT2D eigenvalue weighted by Gasteiger charge is 2.07. The Hall–Kier alpha value is -3.35. The number of amides is 2. The van der Waals surface area contributed by atoms with Gasteiger partial charge in [0, 0.05) is 12.1 Å². The predicted octanol–water partition coefficient (Wildman–Crippen LogP) is 3.14. The molecule has 0 unspecified atom stereocenters. The van der Waals surface area contributed by atoms with Crippen molar-refractivity contribution in [2.75, 3.05) is 11.9 Å². The fourth-order valence-corrected chi connectivity index (χ4v) is 2.05. The van der Waals surface area contributed by atoms with E-state index in [0.29, 0.717) is 29.2 Å². The van der Waals surface area contributed by atoms with Crippen LogP contribution < -0.4 is 10.6 Å². The molecule has 2 amide bonds. The van der Waals surface area contributed by atoms with Gasteiger partial charge in [0.15, 0.2) is 5.65 Å². The number of pyridine rings is 1. The van der Waals surface area contributed by atoms with Crippen molar-refractivity contribution in [3.63, 3.8) is 0 Å². The van der Waals surface area contributed by atoms with Crippen LogP contribution in [0.5, 0.6) is 0 Å². The third-order valence-corrected chi connectivity index (χ3v) is 3.20. The molecule has 0 aliphatic heterocycles. The van der Waals surface area contributed by atoms with Crippen molar-refractivity contribution < 1.29 is 9.18 Å². The number of hydrogen-bond donors (Lipinski definition) is 2. The smallest absolute Gasteiger partial charge is 0.320 e. The van der Waals surface area contributed by atoms with Crippen molar-refractivity contribution in [2.45, 2.75) is 0 Å². The lowest BCUT2D eigenvalue weighted by Crippen LogP contribution is -2.28. The molecule has 0 radical (unpaired) electrons. The van der Waals surface area contributed by atoms with Crippen LogP contribution in [-0.4, -0.2) is 27.5 Å². The normalized spacial score (nSPS) is 10.4. The Balaban J connectivity index is 1.89. The van der Waals surface area contributed by atoms with Crippen LogP contribution in [0.25, 0.3) is 22.4 Å². The number of nitrogens with zero attached hydrogens (tertiary/aromatic N) is 3. The van der Waals surface area contributed by atoms with E-state index in [0.717, 1.165) is 5.56 Å². The number of fused-ring (bicyclic) bond motifs is 1. The van der Waals surface area contributed by atoms with Gasteiger partial charge in [-0.25, -0.2) is 19.2 Å². The molecule has 1 aromatic carbocycles. The summed E-state index contributed by atoms with van der Waals surface area (Å²) < 4.78 is 13.0. The van der Waals surface area contributed by atoms with Crippen LogP contribution in [0.3, 0.4) is 0 Å². The highest BCUT2D eigenvalue weighted by molar-refractivity contribution is 5.89. The molecule has 2 heterocycles. The van der Waals surface area contributed by atoms with Crippen molar-refractivity contribution in [3.8, 4) is 11.3 Å². The Labute approximate surface area is 137 Å². The maximum absolute atomic E-state index is 13.0. The number of carbonyl (C=O) groups excluding carboxylic acids is 1. The number of rotatable bonds is 4. The van der Waals surface area contributed by atoms with E-state index in [1.54, 1.807) is 36.5 Å². The summed E-state index contributed by atoms with van der Waals surface area (Å²) in [7, 11) is 0. The van der Waals surface area contributed by atoms with Crippen molar-refractivity contribution in [1.82, 2.24) is 20.3 Å². The lowest BCUT2D eigenvalue weighted by atomic mass is 10.1. The topological polar surface area (TPSA) is 79.8 Å². The predicted molar refractivity (Wildman–Crippen MR) is 89.9 cm³/mol. The van der Waals surface area contributed by atoms with Crippen molar-refractivity contribution in [3.05, 3.63) is 61.1 Å². The first-order valence-corrected chi connectivity index (χ1v) is 7.21. The first-order chi connectivity index (χ1) is 11.7. The fourth-order valence-electron chi connectivity index (χ4n) is 2.05. The monoisotopic (exact) mass is 323 g/mol. The lowest BCUT2D eigenvalue weighted by Gasteiger charge is -2.06. The highest BCUT2D eigenvalue weighted by Crippen LogP contribution is 2.19. The molecule has 120 valence electrons. The molecule has 2 aromatic heterocycles. The molecule has 0 saturated heterocycles. The third-order valence-electron chi connectivity index (χ3n) is 3.20. The van der Waals surface area contributed by atoms with E-state index in [4.69, 9.17) is 0 Å². The summed E-state index contributed by atoms with van der Waals surface area (Å²) >= 11 is 0. The van der Waals surface area contributed by atoms with Gasteiger partial charge >= 0.3 is 6.03 Å². The number of nitrogens with one attached hydrogen (secondary N) is 2. The fraction of sp³-hybridized carbons (Fsp3) is 0.0588. The maximum atomic E-state index is 13.0. The molecular weight excluding hydrogens is 309 g/mol. The second-order valence-electron chi connectivity index (χ2n) is 4.93. The maximum Gasteiger partial charge on any atom is 0.320 e. The van der Waals surface area contributed by atoms with Crippen LogP contribution in [0.2, 0.25) is 0 Å². The Morgan fingerprint density at radius 1 is 1.17 bits per heavy atom. The summed E-state index contributed by atoms with van der Waals surface area (Å²) in [5, 5.41) is 5.20. The molecule has 3 rings (SSSR count). The molecule has 24 heavy (non-hydrogen) atoms. The van der Waals surface area contributed by atoms with Gasteiger partial charge in [0.05, 0.1) is 11.9 Å². The van der Waals surface area contributed by atoms with E-state index in [-0.39, 0.29) is 11.8 Å². The minimum Gasteiger partial charge on any atom is -0.334 e. The number of carbonyl (C=O) groups is 1. The summed E-state index contributed by atoms with van der Waals surface area (Å²) in [5.74, 6) is 0.0391. The summed E-state index contributed by atoms with van der Waals surface area (Å²) in [6.07, 6.45) is 3.18. The second kappa shape index (κ2) is 6.82. The van der Waals surface area contributed by atoms with E-state index in [1.807, 2.05) is 0 Å². The summed E-state index contributed by atoms with van der Waals surface area (Å²) in [4.78, 5) is 24.6. The molecule has 0 spiro atoms. The molecular formula is C17H14FN5O. The second-order valence-corrected chi connectivity index (χ2v) is 4.93. The van der Waals surface area contributed by atoms with Crippen LogP contribution in [0.15, 0.2) is 55.3 Å². The van der Waals surface area contributed by atoms with E-state index in [9.17, 15) is 9.18 Å². The summed E-state index contributed by atoms with van der Waals surface area (Å²) in [6.45, 7) is 3.88. The number of benzene rings is 1. The first kappa shape index (κ1) is 15.5. The van der Waals surface area contributed by atoms with Gasteiger partial charge in [-0.2, -0.15) is 0 Å². The van der Waals surface area contributed by atoms with Crippen LogP contribution in [-0.2, 0) is 0 Å². The molecule has 7 heteroatoms. The third kappa shape index (κ3) is 3.52. The molecule has 0 aliphatic carbocycles. The van der Waals surface area contributed by atoms with Gasteiger partial charge in [0.2, 0.25) is 0 Å². The molecule has 0 atom stereocenters. The van der Waals surface area contributed by atoms with Gasteiger partial charge in [-0.05, 0) is 36.4 Å². The Bertz CT molecular complexity index is 895. The van der Waals surface area contributed by atoms with E-state index in [1.165, 1.54) is 12.1 Å². The van der Waals surface area contributed by atoms with Gasteiger partial charge < -0.3 is 5.32 Å². The highest BCUT2D eigenvalue weighted by atomic mass is 19.1. The number of hydrogen-bond acceptors (Lipinski definition) is 4. The van der Waals surface area contributed by atoms with Crippen LogP contribution in [0.1, 0.15) is 0 Å². The minimum atomic E-state index is -0.385. The lowest BCUT2D eigenvalue weighted by molar-refractivity contribution is 0.253. The number of halogens is 1. The van der Waals surface area contributed by atoms with Crippen LogP contribution in [0, 0.1) is 5.82 Å². The van der Waals surface area contributed by atoms with Gasteiger partial charge in [0.1, 0.15) is 17.2 Å². The largest absolute Gasteiger partial charge is 0.334 e. The van der Waals surface area contributed by atoms with E-state index >= 15 is 0 Å². The van der Waals surface area contributed by atoms with Gasteiger partial charge in [-0.15, -0.1) is 6.58 Å². The standard InChI is InChI=1S/C17H14FN5O/c1-2-9-19-17(24)23-15-8-7-13-16(22-15)21-14(10-20-13)11-3-5-12(18)6-4-11/h2-8,10H,1,9H2,(H2,19,21,22,23,24). The molecule has 3 aromatic rings. The van der Waals surface area contributed by atoms with E-state index < -0.39 is 0 Å². The zero-order valence-corrected chi connectivity index (χ0v) is 12.7. The average molecular weight is 323 g/mol. The molecule has 0 saturated carbocycles. The molecule has 6 nitrogen and oxygen atoms in total. The molecule has 0 bridgehead atoms. The zero-order chi connectivity index (χ0) is 16.9. The summed E-state index contributed by atoms with van der Waals surface area (Å²) in [5.41, 5.74) is 2.29. The van der Waals surface area contributed by atoms with Gasteiger partial charge in [-0.1, -0.05) is 6.08 Å². The summed E-state index contributed by atoms with van der Waals surface area (Å²) in [6, 6.07) is 8.93. The van der Waals surface area contributed by atoms with Crippen LogP contribution in [0.4, 0.5) is 15.0 Å². The van der Waals surface area contributed by atoms with E-state index in [2.05, 4.69) is 32.2 Å². The average Bonchev–Trinajstić information content (AvgIpc) is 2.60.